The maximum Gasteiger partial charge on any atom is 0.311 e. The van der Waals surface area contributed by atoms with Crippen molar-refractivity contribution in [2.75, 3.05) is 26.3 Å². The molecule has 0 radical (unpaired) electrons. The average molecular weight is 305 g/mol. The van der Waals surface area contributed by atoms with Gasteiger partial charge in [0.1, 0.15) is 18.8 Å². The van der Waals surface area contributed by atoms with Crippen LogP contribution in [0.25, 0.3) is 0 Å². The Hall–Kier alpha value is -1.75. The fourth-order valence-electron chi connectivity index (χ4n) is 2.94. The lowest BCUT2D eigenvalue weighted by Crippen LogP contribution is -2.31. The second-order valence-corrected chi connectivity index (χ2v) is 6.81. The zero-order chi connectivity index (χ0) is 15.7. The molecule has 3 rings (SSSR count). The van der Waals surface area contributed by atoms with Gasteiger partial charge in [0.15, 0.2) is 11.5 Å². The molecule has 1 fully saturated rings. The van der Waals surface area contributed by atoms with Crippen molar-refractivity contribution in [3.05, 3.63) is 23.8 Å². The SMILES string of the molecule is CC(C)(C)OC(=O)C1CNCC1c1ccc2c(c1)OCCO2. The molecular weight excluding hydrogens is 282 g/mol. The summed E-state index contributed by atoms with van der Waals surface area (Å²) in [4.78, 5) is 12.4. The van der Waals surface area contributed by atoms with Crippen molar-refractivity contribution in [3.8, 4) is 11.5 Å². The van der Waals surface area contributed by atoms with Gasteiger partial charge in [-0.2, -0.15) is 0 Å². The largest absolute Gasteiger partial charge is 0.486 e. The van der Waals surface area contributed by atoms with Gasteiger partial charge in [0, 0.05) is 19.0 Å². The average Bonchev–Trinajstić information content (AvgIpc) is 2.94. The number of rotatable bonds is 2. The standard InChI is InChI=1S/C17H23NO4/c1-17(2,3)22-16(19)13-10-18-9-12(13)11-4-5-14-15(8-11)21-7-6-20-14/h4-5,8,12-13,18H,6-7,9-10H2,1-3H3. The number of carbonyl (C=O) groups excluding carboxylic acids is 1. The van der Waals surface area contributed by atoms with Crippen LogP contribution in [0.5, 0.6) is 11.5 Å². The topological polar surface area (TPSA) is 56.8 Å². The van der Waals surface area contributed by atoms with Gasteiger partial charge >= 0.3 is 5.97 Å². The summed E-state index contributed by atoms with van der Waals surface area (Å²) < 4.78 is 16.7. The van der Waals surface area contributed by atoms with Crippen LogP contribution >= 0.6 is 0 Å². The van der Waals surface area contributed by atoms with Crippen LogP contribution < -0.4 is 14.8 Å². The minimum Gasteiger partial charge on any atom is -0.486 e. The van der Waals surface area contributed by atoms with Crippen LogP contribution in [0.3, 0.4) is 0 Å². The molecule has 5 heteroatoms. The molecule has 2 heterocycles. The molecule has 1 aromatic carbocycles. The maximum atomic E-state index is 12.4. The first-order chi connectivity index (χ1) is 10.4. The van der Waals surface area contributed by atoms with Gasteiger partial charge in [-0.3, -0.25) is 4.79 Å². The van der Waals surface area contributed by atoms with Gasteiger partial charge in [-0.1, -0.05) is 6.07 Å². The Morgan fingerprint density at radius 2 is 1.91 bits per heavy atom. The number of esters is 1. The van der Waals surface area contributed by atoms with E-state index in [1.165, 1.54) is 0 Å². The van der Waals surface area contributed by atoms with Crippen LogP contribution in [0, 0.1) is 5.92 Å². The monoisotopic (exact) mass is 305 g/mol. The number of hydrogen-bond acceptors (Lipinski definition) is 5. The second kappa shape index (κ2) is 5.80. The molecule has 5 nitrogen and oxygen atoms in total. The Balaban J connectivity index is 1.79. The molecule has 0 saturated carbocycles. The highest BCUT2D eigenvalue weighted by Gasteiger charge is 2.37. The van der Waals surface area contributed by atoms with E-state index in [4.69, 9.17) is 14.2 Å². The van der Waals surface area contributed by atoms with Crippen molar-refractivity contribution in [2.24, 2.45) is 5.92 Å². The van der Waals surface area contributed by atoms with Gasteiger partial charge in [0.2, 0.25) is 0 Å². The quantitative estimate of drug-likeness (QED) is 0.848. The molecule has 0 bridgehead atoms. The van der Waals surface area contributed by atoms with E-state index >= 15 is 0 Å². The lowest BCUT2D eigenvalue weighted by Gasteiger charge is -2.25. The van der Waals surface area contributed by atoms with Gasteiger partial charge in [-0.25, -0.2) is 0 Å². The molecular formula is C17H23NO4. The van der Waals surface area contributed by atoms with Crippen LogP contribution in [-0.2, 0) is 9.53 Å². The molecule has 1 saturated heterocycles. The summed E-state index contributed by atoms with van der Waals surface area (Å²) in [5.41, 5.74) is 0.627. The van der Waals surface area contributed by atoms with Crippen molar-refractivity contribution in [2.45, 2.75) is 32.3 Å². The summed E-state index contributed by atoms with van der Waals surface area (Å²) in [5.74, 6) is 1.33. The minimum absolute atomic E-state index is 0.102. The molecule has 22 heavy (non-hydrogen) atoms. The van der Waals surface area contributed by atoms with Crippen LogP contribution in [0.1, 0.15) is 32.3 Å². The van der Waals surface area contributed by atoms with E-state index in [-0.39, 0.29) is 17.8 Å². The lowest BCUT2D eigenvalue weighted by molar-refractivity contribution is -0.159. The predicted molar refractivity (Wildman–Crippen MR) is 82.4 cm³/mol. The highest BCUT2D eigenvalue weighted by Crippen LogP contribution is 2.37. The Morgan fingerprint density at radius 3 is 2.64 bits per heavy atom. The molecule has 1 aromatic rings. The highest BCUT2D eigenvalue weighted by molar-refractivity contribution is 5.75. The fraction of sp³-hybridized carbons (Fsp3) is 0.588. The third-order valence-electron chi connectivity index (χ3n) is 3.92. The Morgan fingerprint density at radius 1 is 1.18 bits per heavy atom. The van der Waals surface area contributed by atoms with E-state index in [0.29, 0.717) is 19.8 Å². The van der Waals surface area contributed by atoms with E-state index in [1.807, 2.05) is 39.0 Å². The third kappa shape index (κ3) is 3.19. The number of carbonyl (C=O) groups is 1. The number of benzene rings is 1. The van der Waals surface area contributed by atoms with Gasteiger partial charge < -0.3 is 19.5 Å². The maximum absolute atomic E-state index is 12.4. The summed E-state index contributed by atoms with van der Waals surface area (Å²) in [6, 6.07) is 5.93. The molecule has 0 amide bonds. The number of hydrogen-bond donors (Lipinski definition) is 1. The number of ether oxygens (including phenoxy) is 3. The Kier molecular flexibility index (Phi) is 4.00. The first-order valence-electron chi connectivity index (χ1n) is 7.77. The summed E-state index contributed by atoms with van der Waals surface area (Å²) in [7, 11) is 0. The van der Waals surface area contributed by atoms with E-state index < -0.39 is 5.60 Å². The fourth-order valence-corrected chi connectivity index (χ4v) is 2.94. The van der Waals surface area contributed by atoms with Crippen molar-refractivity contribution >= 4 is 5.97 Å². The molecule has 2 atom stereocenters. The zero-order valence-electron chi connectivity index (χ0n) is 13.3. The molecule has 0 spiro atoms. The summed E-state index contributed by atoms with van der Waals surface area (Å²) in [6.07, 6.45) is 0. The Bertz CT molecular complexity index is 564. The molecule has 0 aromatic heterocycles. The predicted octanol–water partition coefficient (Wildman–Crippen LogP) is 2.10. The van der Waals surface area contributed by atoms with Gasteiger partial charge in [-0.15, -0.1) is 0 Å². The smallest absolute Gasteiger partial charge is 0.311 e. The molecule has 0 aliphatic carbocycles. The number of nitrogens with one attached hydrogen (secondary N) is 1. The summed E-state index contributed by atoms with van der Waals surface area (Å²) in [5, 5.41) is 3.29. The van der Waals surface area contributed by atoms with Crippen LogP contribution in [0.15, 0.2) is 18.2 Å². The van der Waals surface area contributed by atoms with Crippen LogP contribution in [0.2, 0.25) is 0 Å². The molecule has 2 unspecified atom stereocenters. The van der Waals surface area contributed by atoms with Crippen molar-refractivity contribution in [1.29, 1.82) is 0 Å². The first-order valence-corrected chi connectivity index (χ1v) is 7.77. The molecule has 2 aliphatic rings. The lowest BCUT2D eigenvalue weighted by atomic mass is 9.88. The third-order valence-corrected chi connectivity index (χ3v) is 3.92. The normalized spacial score (nSPS) is 24.1. The van der Waals surface area contributed by atoms with E-state index in [0.717, 1.165) is 23.6 Å². The van der Waals surface area contributed by atoms with Gasteiger partial charge in [0.05, 0.1) is 5.92 Å². The molecule has 120 valence electrons. The van der Waals surface area contributed by atoms with Crippen molar-refractivity contribution in [3.63, 3.8) is 0 Å². The summed E-state index contributed by atoms with van der Waals surface area (Å²) in [6.45, 7) is 8.25. The Labute approximate surface area is 130 Å². The van der Waals surface area contributed by atoms with Crippen molar-refractivity contribution < 1.29 is 19.0 Å². The van der Waals surface area contributed by atoms with Crippen LogP contribution in [-0.4, -0.2) is 37.9 Å². The van der Waals surface area contributed by atoms with Gasteiger partial charge in [-0.05, 0) is 38.5 Å². The van der Waals surface area contributed by atoms with E-state index in [2.05, 4.69) is 5.32 Å². The number of fused-ring (bicyclic) bond motifs is 1. The van der Waals surface area contributed by atoms with E-state index in [1.54, 1.807) is 0 Å². The van der Waals surface area contributed by atoms with Crippen LogP contribution in [0.4, 0.5) is 0 Å². The summed E-state index contributed by atoms with van der Waals surface area (Å²) >= 11 is 0. The van der Waals surface area contributed by atoms with E-state index in [9.17, 15) is 4.79 Å². The zero-order valence-corrected chi connectivity index (χ0v) is 13.3. The van der Waals surface area contributed by atoms with Crippen molar-refractivity contribution in [1.82, 2.24) is 5.32 Å². The molecule has 2 aliphatic heterocycles. The minimum atomic E-state index is -0.461. The first kappa shape index (κ1) is 15.2. The van der Waals surface area contributed by atoms with Gasteiger partial charge in [0.25, 0.3) is 0 Å². The highest BCUT2D eigenvalue weighted by atomic mass is 16.6. The molecule has 1 N–H and O–H groups in total. The second-order valence-electron chi connectivity index (χ2n) is 6.81.